The Hall–Kier alpha value is -2.82. The van der Waals surface area contributed by atoms with Gasteiger partial charge < -0.3 is 10.1 Å². The van der Waals surface area contributed by atoms with E-state index in [1.165, 1.54) is 4.90 Å². The fourth-order valence-electron chi connectivity index (χ4n) is 2.62. The van der Waals surface area contributed by atoms with Crippen molar-refractivity contribution in [2.45, 2.75) is 19.0 Å². The van der Waals surface area contributed by atoms with Gasteiger partial charge in [-0.2, -0.15) is 0 Å². The van der Waals surface area contributed by atoms with E-state index in [1.807, 2.05) is 54.6 Å². The molecule has 0 spiro atoms. The molecule has 23 heavy (non-hydrogen) atoms. The predicted octanol–water partition coefficient (Wildman–Crippen LogP) is 2.43. The van der Waals surface area contributed by atoms with Crippen LogP contribution in [0.2, 0.25) is 0 Å². The maximum absolute atomic E-state index is 12.5. The van der Waals surface area contributed by atoms with Crippen molar-refractivity contribution in [1.82, 2.24) is 4.90 Å². The molecule has 0 aromatic heterocycles. The minimum atomic E-state index is -0.514. The van der Waals surface area contributed by atoms with Gasteiger partial charge in [0.2, 0.25) is 5.91 Å². The third-order valence-corrected chi connectivity index (χ3v) is 3.86. The molecule has 0 unspecified atom stereocenters. The molecule has 0 saturated carbocycles. The summed E-state index contributed by atoms with van der Waals surface area (Å²) in [6, 6.07) is 16.3. The van der Waals surface area contributed by atoms with Gasteiger partial charge >= 0.3 is 0 Å². The normalized spacial score (nSPS) is 17.4. The topological polar surface area (TPSA) is 58.6 Å². The molecule has 1 N–H and O–H groups in total. The zero-order valence-electron chi connectivity index (χ0n) is 12.9. The number of nitrogens with zero attached hydrogens (tertiary/aromatic N) is 1. The summed E-state index contributed by atoms with van der Waals surface area (Å²) in [6.07, 6.45) is 0.178. The van der Waals surface area contributed by atoms with Crippen LogP contribution in [-0.4, -0.2) is 29.9 Å². The average Bonchev–Trinajstić information content (AvgIpc) is 2.84. The smallest absolute Gasteiger partial charge is 0.252 e. The molecule has 1 aliphatic heterocycles. The summed E-state index contributed by atoms with van der Waals surface area (Å²) in [5.41, 5.74) is 1.73. The molecule has 5 heteroatoms. The molecular formula is C18H18N2O3. The van der Waals surface area contributed by atoms with Crippen molar-refractivity contribution in [3.63, 3.8) is 0 Å². The van der Waals surface area contributed by atoms with E-state index >= 15 is 0 Å². The molecule has 0 bridgehead atoms. The molecule has 2 aromatic carbocycles. The number of rotatable bonds is 5. The molecule has 2 aromatic rings. The molecular weight excluding hydrogens is 292 g/mol. The maximum Gasteiger partial charge on any atom is 0.252 e. The molecule has 1 heterocycles. The van der Waals surface area contributed by atoms with Crippen LogP contribution in [-0.2, 0) is 16.1 Å². The Balaban J connectivity index is 1.68. The van der Waals surface area contributed by atoms with Gasteiger partial charge in [-0.1, -0.05) is 30.3 Å². The number of imide groups is 1. The first-order valence-electron chi connectivity index (χ1n) is 7.46. The Morgan fingerprint density at radius 3 is 2.43 bits per heavy atom. The number of benzene rings is 2. The van der Waals surface area contributed by atoms with Crippen LogP contribution in [0, 0.1) is 0 Å². The van der Waals surface area contributed by atoms with Crippen molar-refractivity contribution in [2.75, 3.05) is 12.4 Å². The van der Waals surface area contributed by atoms with Gasteiger partial charge in [-0.05, 0) is 29.8 Å². The third-order valence-electron chi connectivity index (χ3n) is 3.86. The number of carbonyl (C=O) groups excluding carboxylic acids is 2. The first-order valence-corrected chi connectivity index (χ1v) is 7.46. The van der Waals surface area contributed by atoms with Crippen LogP contribution >= 0.6 is 0 Å². The Morgan fingerprint density at radius 1 is 1.09 bits per heavy atom. The van der Waals surface area contributed by atoms with Gasteiger partial charge in [-0.15, -0.1) is 0 Å². The monoisotopic (exact) mass is 310 g/mol. The lowest BCUT2D eigenvalue weighted by Gasteiger charge is -2.16. The van der Waals surface area contributed by atoms with Gasteiger partial charge in [-0.3, -0.25) is 14.5 Å². The Labute approximate surface area is 134 Å². The molecule has 5 nitrogen and oxygen atoms in total. The highest BCUT2D eigenvalue weighted by Crippen LogP contribution is 2.22. The van der Waals surface area contributed by atoms with Gasteiger partial charge in [0, 0.05) is 5.69 Å². The van der Waals surface area contributed by atoms with E-state index in [0.29, 0.717) is 6.54 Å². The van der Waals surface area contributed by atoms with Crippen LogP contribution in [0.15, 0.2) is 54.6 Å². The minimum Gasteiger partial charge on any atom is -0.497 e. The number of ether oxygens (including phenoxy) is 1. The molecule has 1 fully saturated rings. The van der Waals surface area contributed by atoms with Crippen molar-refractivity contribution in [1.29, 1.82) is 0 Å². The number of amides is 2. The number of likely N-dealkylation sites (tertiary alicyclic amines) is 1. The Bertz CT molecular complexity index is 698. The summed E-state index contributed by atoms with van der Waals surface area (Å²) in [7, 11) is 1.60. The molecule has 118 valence electrons. The standard InChI is InChI=1S/C18H18N2O3/c1-23-15-9-7-14(8-10-15)19-16-11-17(21)20(18(16)22)12-13-5-3-2-4-6-13/h2-10,16,19H,11-12H2,1H3/t16-/m1/s1. The van der Waals surface area contributed by atoms with Crippen LogP contribution < -0.4 is 10.1 Å². The molecule has 3 rings (SSSR count). The number of nitrogens with one attached hydrogen (secondary N) is 1. The van der Waals surface area contributed by atoms with Crippen molar-refractivity contribution in [3.8, 4) is 5.75 Å². The van der Waals surface area contributed by atoms with E-state index < -0.39 is 6.04 Å². The summed E-state index contributed by atoms with van der Waals surface area (Å²) in [5, 5.41) is 3.12. The summed E-state index contributed by atoms with van der Waals surface area (Å²) < 4.78 is 5.10. The zero-order valence-corrected chi connectivity index (χ0v) is 12.9. The number of anilines is 1. The Kier molecular flexibility index (Phi) is 4.28. The van der Waals surface area contributed by atoms with Crippen LogP contribution in [0.1, 0.15) is 12.0 Å². The fraction of sp³-hybridized carbons (Fsp3) is 0.222. The highest BCUT2D eigenvalue weighted by atomic mass is 16.5. The molecule has 0 aliphatic carbocycles. The molecule has 1 saturated heterocycles. The van der Waals surface area contributed by atoms with Crippen LogP contribution in [0.4, 0.5) is 5.69 Å². The second-order valence-electron chi connectivity index (χ2n) is 5.43. The average molecular weight is 310 g/mol. The third kappa shape index (κ3) is 3.34. The van der Waals surface area contributed by atoms with E-state index in [9.17, 15) is 9.59 Å². The number of methoxy groups -OCH3 is 1. The molecule has 0 radical (unpaired) electrons. The molecule has 1 atom stereocenters. The predicted molar refractivity (Wildman–Crippen MR) is 87.0 cm³/mol. The van der Waals surface area contributed by atoms with E-state index in [0.717, 1.165) is 17.0 Å². The fourth-order valence-corrected chi connectivity index (χ4v) is 2.62. The lowest BCUT2D eigenvalue weighted by atomic mass is 10.2. The number of hydrogen-bond donors (Lipinski definition) is 1. The second-order valence-corrected chi connectivity index (χ2v) is 5.43. The highest BCUT2D eigenvalue weighted by molar-refractivity contribution is 6.06. The lowest BCUT2D eigenvalue weighted by molar-refractivity contribution is -0.139. The summed E-state index contributed by atoms with van der Waals surface area (Å²) in [6.45, 7) is 0.319. The first-order chi connectivity index (χ1) is 11.2. The molecule has 1 aliphatic rings. The van der Waals surface area contributed by atoms with Gasteiger partial charge in [0.1, 0.15) is 11.8 Å². The van der Waals surface area contributed by atoms with Crippen molar-refractivity contribution < 1.29 is 14.3 Å². The minimum absolute atomic E-state index is 0.148. The first kappa shape index (κ1) is 15.1. The lowest BCUT2D eigenvalue weighted by Crippen LogP contribution is -2.34. The number of hydrogen-bond acceptors (Lipinski definition) is 4. The summed E-state index contributed by atoms with van der Waals surface area (Å²) in [5.74, 6) is 0.412. The van der Waals surface area contributed by atoms with E-state index in [4.69, 9.17) is 4.74 Å². The van der Waals surface area contributed by atoms with Gasteiger partial charge in [0.05, 0.1) is 20.1 Å². The summed E-state index contributed by atoms with van der Waals surface area (Å²) in [4.78, 5) is 25.9. The van der Waals surface area contributed by atoms with Crippen LogP contribution in [0.3, 0.4) is 0 Å². The molecule has 2 amide bonds. The highest BCUT2D eigenvalue weighted by Gasteiger charge is 2.38. The second kappa shape index (κ2) is 6.52. The van der Waals surface area contributed by atoms with E-state index in [1.54, 1.807) is 7.11 Å². The van der Waals surface area contributed by atoms with Crippen molar-refractivity contribution >= 4 is 17.5 Å². The van der Waals surface area contributed by atoms with Crippen LogP contribution in [0.25, 0.3) is 0 Å². The zero-order chi connectivity index (χ0) is 16.2. The van der Waals surface area contributed by atoms with Gasteiger partial charge in [0.15, 0.2) is 0 Å². The van der Waals surface area contributed by atoms with E-state index in [2.05, 4.69) is 5.32 Å². The van der Waals surface area contributed by atoms with Gasteiger partial charge in [-0.25, -0.2) is 0 Å². The van der Waals surface area contributed by atoms with Crippen molar-refractivity contribution in [2.24, 2.45) is 0 Å². The maximum atomic E-state index is 12.5. The van der Waals surface area contributed by atoms with Crippen molar-refractivity contribution in [3.05, 3.63) is 60.2 Å². The van der Waals surface area contributed by atoms with Gasteiger partial charge in [0.25, 0.3) is 5.91 Å². The van der Waals surface area contributed by atoms with Crippen LogP contribution in [0.5, 0.6) is 5.75 Å². The number of carbonyl (C=O) groups is 2. The Morgan fingerprint density at radius 2 is 1.78 bits per heavy atom. The SMILES string of the molecule is COc1ccc(N[C@@H]2CC(=O)N(Cc3ccccc3)C2=O)cc1. The largest absolute Gasteiger partial charge is 0.497 e. The quantitative estimate of drug-likeness (QED) is 0.862. The summed E-state index contributed by atoms with van der Waals surface area (Å²) >= 11 is 0. The van der Waals surface area contributed by atoms with E-state index in [-0.39, 0.29) is 18.2 Å².